The summed E-state index contributed by atoms with van der Waals surface area (Å²) in [6, 6.07) is 19.2. The molecule has 0 saturated carbocycles. The van der Waals surface area contributed by atoms with E-state index in [1.807, 2.05) is 62.4 Å². The van der Waals surface area contributed by atoms with Crippen LogP contribution in [0.4, 0.5) is 4.79 Å². The number of aliphatic hydroxyl groups excluding tert-OH is 1. The molecule has 2 aliphatic heterocycles. The van der Waals surface area contributed by atoms with E-state index in [1.54, 1.807) is 24.6 Å². The van der Waals surface area contributed by atoms with Crippen molar-refractivity contribution >= 4 is 27.1 Å². The van der Waals surface area contributed by atoms with Crippen molar-refractivity contribution in [2.45, 2.75) is 69.1 Å². The van der Waals surface area contributed by atoms with Gasteiger partial charge in [0.15, 0.2) is 6.29 Å². The predicted octanol–water partition coefficient (Wildman–Crippen LogP) is 4.27. The Morgan fingerprint density at radius 1 is 1.08 bits per heavy atom. The zero-order chi connectivity index (χ0) is 35.1. The number of ether oxygens (including phenoxy) is 3. The van der Waals surface area contributed by atoms with Crippen molar-refractivity contribution < 1.29 is 36.9 Å². The highest BCUT2D eigenvalue weighted by Gasteiger charge is 2.44. The molecule has 4 aromatic rings. The standard InChI is InChI=1S/C37H46N4O8S/c1-25(2)21-41(50(44,45)29-11-12-34-31(19-29)27(23-47-34)20-38-16-13-28-10-6-7-15-39-28)22-33(42)32(18-26-8-4-3-5-9-26)40-37(43)49-35-24-48-36-30(35)14-17-46-36/h3-12,15,19,23,25,30,32-33,35-36,38,42H,13-14,16-18,20-22,24H2,1-2H3,(H,40,43)/t30-,32-,33+,35?,36+/m0/s1. The summed E-state index contributed by atoms with van der Waals surface area (Å²) in [5, 5.41) is 18.6. The third-order valence-corrected chi connectivity index (χ3v) is 11.0. The minimum absolute atomic E-state index is 0.0389. The molecule has 12 nitrogen and oxygen atoms in total. The van der Waals surface area contributed by atoms with Gasteiger partial charge < -0.3 is 34.4 Å². The van der Waals surface area contributed by atoms with Gasteiger partial charge in [0.1, 0.15) is 11.7 Å². The highest BCUT2D eigenvalue weighted by Crippen LogP contribution is 2.33. The molecule has 2 saturated heterocycles. The van der Waals surface area contributed by atoms with Crippen LogP contribution in [-0.2, 0) is 43.6 Å². The number of alkyl carbamates (subject to hydrolysis) is 1. The number of amides is 1. The Morgan fingerprint density at radius 2 is 1.90 bits per heavy atom. The first kappa shape index (κ1) is 36.0. The monoisotopic (exact) mass is 706 g/mol. The molecule has 5 atom stereocenters. The average Bonchev–Trinajstić information content (AvgIpc) is 3.84. The number of aliphatic hydroxyl groups is 1. The predicted molar refractivity (Wildman–Crippen MR) is 187 cm³/mol. The number of hydrogen-bond donors (Lipinski definition) is 3. The van der Waals surface area contributed by atoms with Gasteiger partial charge in [-0.15, -0.1) is 0 Å². The third-order valence-electron chi connectivity index (χ3n) is 9.13. The number of pyridine rings is 1. The van der Waals surface area contributed by atoms with Crippen LogP contribution in [0.5, 0.6) is 0 Å². The van der Waals surface area contributed by atoms with Crippen LogP contribution in [0, 0.1) is 11.8 Å². The van der Waals surface area contributed by atoms with Crippen LogP contribution in [0.15, 0.2) is 88.5 Å². The van der Waals surface area contributed by atoms with Crippen molar-refractivity contribution in [1.82, 2.24) is 19.9 Å². The largest absolute Gasteiger partial charge is 0.464 e. The summed E-state index contributed by atoms with van der Waals surface area (Å²) < 4.78 is 52.5. The number of aromatic nitrogens is 1. The van der Waals surface area contributed by atoms with Gasteiger partial charge in [0.2, 0.25) is 10.0 Å². The van der Waals surface area contributed by atoms with Gasteiger partial charge in [0.05, 0.1) is 42.4 Å². The maximum Gasteiger partial charge on any atom is 0.407 e. The molecular weight excluding hydrogens is 660 g/mol. The number of benzene rings is 2. The van der Waals surface area contributed by atoms with E-state index < -0.39 is 34.4 Å². The van der Waals surface area contributed by atoms with Crippen molar-refractivity contribution in [3.8, 4) is 0 Å². The molecule has 3 N–H and O–H groups in total. The Balaban J connectivity index is 1.17. The number of carbonyl (C=O) groups excluding carboxylic acids is 1. The van der Waals surface area contributed by atoms with E-state index in [0.29, 0.717) is 30.7 Å². The summed E-state index contributed by atoms with van der Waals surface area (Å²) >= 11 is 0. The van der Waals surface area contributed by atoms with Crippen LogP contribution in [0.3, 0.4) is 0 Å². The highest BCUT2D eigenvalue weighted by atomic mass is 32.2. The molecule has 1 amide bonds. The molecule has 2 fully saturated rings. The normalized spacial score (nSPS) is 20.3. The van der Waals surface area contributed by atoms with Gasteiger partial charge in [-0.05, 0) is 54.7 Å². The Hall–Kier alpha value is -3.85. The molecule has 0 spiro atoms. The number of rotatable bonds is 16. The highest BCUT2D eigenvalue weighted by molar-refractivity contribution is 7.89. The Labute approximate surface area is 293 Å². The Kier molecular flexibility index (Phi) is 11.8. The molecule has 0 aliphatic carbocycles. The lowest BCUT2D eigenvalue weighted by Gasteiger charge is -2.31. The first-order valence-corrected chi connectivity index (χ1v) is 18.6. The zero-order valence-electron chi connectivity index (χ0n) is 28.4. The molecule has 13 heteroatoms. The minimum Gasteiger partial charge on any atom is -0.464 e. The molecule has 50 heavy (non-hydrogen) atoms. The van der Waals surface area contributed by atoms with Crippen LogP contribution >= 0.6 is 0 Å². The summed E-state index contributed by atoms with van der Waals surface area (Å²) in [7, 11) is -4.07. The van der Waals surface area contributed by atoms with E-state index >= 15 is 0 Å². The van der Waals surface area contributed by atoms with Gasteiger partial charge in [-0.25, -0.2) is 13.2 Å². The number of fused-ring (bicyclic) bond motifs is 2. The van der Waals surface area contributed by atoms with Gasteiger partial charge in [-0.1, -0.05) is 50.2 Å². The van der Waals surface area contributed by atoms with Gasteiger partial charge in [0, 0.05) is 55.4 Å². The van der Waals surface area contributed by atoms with Crippen LogP contribution in [0.1, 0.15) is 37.1 Å². The lowest BCUT2D eigenvalue weighted by molar-refractivity contribution is -0.0907. The summed E-state index contributed by atoms with van der Waals surface area (Å²) in [5.41, 5.74) is 3.27. The molecule has 4 heterocycles. The number of sulfonamides is 1. The smallest absolute Gasteiger partial charge is 0.407 e. The van der Waals surface area contributed by atoms with Gasteiger partial charge in [-0.3, -0.25) is 4.98 Å². The molecule has 6 rings (SSSR count). The number of nitrogens with one attached hydrogen (secondary N) is 2. The average molecular weight is 707 g/mol. The number of carbonyl (C=O) groups is 1. The van der Waals surface area contributed by atoms with Crippen molar-refractivity contribution in [2.24, 2.45) is 11.8 Å². The summed E-state index contributed by atoms with van der Waals surface area (Å²) in [5.74, 6) is -0.0803. The lowest BCUT2D eigenvalue weighted by Crippen LogP contribution is -2.51. The van der Waals surface area contributed by atoms with Crippen molar-refractivity contribution in [1.29, 1.82) is 0 Å². The topological polar surface area (TPSA) is 152 Å². The second kappa shape index (κ2) is 16.4. The van der Waals surface area contributed by atoms with E-state index in [-0.39, 0.29) is 49.1 Å². The maximum atomic E-state index is 14.3. The fourth-order valence-corrected chi connectivity index (χ4v) is 8.18. The summed E-state index contributed by atoms with van der Waals surface area (Å²) in [6.07, 6.45) is 2.37. The fraction of sp³-hybridized carbons (Fsp3) is 0.459. The van der Waals surface area contributed by atoms with Crippen LogP contribution < -0.4 is 10.6 Å². The van der Waals surface area contributed by atoms with E-state index in [2.05, 4.69) is 15.6 Å². The number of furan rings is 1. The Morgan fingerprint density at radius 3 is 2.68 bits per heavy atom. The Bertz CT molecular complexity index is 1800. The summed E-state index contributed by atoms with van der Waals surface area (Å²) in [6.45, 7) is 5.72. The molecular formula is C37H46N4O8S. The van der Waals surface area contributed by atoms with E-state index in [4.69, 9.17) is 18.6 Å². The number of hydrogen-bond acceptors (Lipinski definition) is 10. The van der Waals surface area contributed by atoms with Gasteiger partial charge >= 0.3 is 6.09 Å². The van der Waals surface area contributed by atoms with Crippen molar-refractivity contribution in [2.75, 3.05) is 32.8 Å². The molecule has 1 unspecified atom stereocenters. The SMILES string of the molecule is CC(C)CN(C[C@@H](O)[C@H](Cc1ccccc1)NC(=O)OC1CO[C@H]2OCC[C@@H]12)S(=O)(=O)c1ccc2occ(CNCCc3ccccn3)c2c1. The number of nitrogens with zero attached hydrogens (tertiary/aromatic N) is 2. The minimum atomic E-state index is -4.07. The second-order valence-corrected chi connectivity index (χ2v) is 15.3. The molecule has 2 aromatic heterocycles. The van der Waals surface area contributed by atoms with Crippen LogP contribution in [0.2, 0.25) is 0 Å². The van der Waals surface area contributed by atoms with E-state index in [9.17, 15) is 18.3 Å². The fourth-order valence-electron chi connectivity index (χ4n) is 6.53. The molecule has 268 valence electrons. The molecule has 2 aliphatic rings. The lowest BCUT2D eigenvalue weighted by atomic mass is 10.0. The van der Waals surface area contributed by atoms with Crippen molar-refractivity contribution in [3.63, 3.8) is 0 Å². The molecule has 0 radical (unpaired) electrons. The molecule has 2 aromatic carbocycles. The van der Waals surface area contributed by atoms with Gasteiger partial charge in [-0.2, -0.15) is 4.31 Å². The van der Waals surface area contributed by atoms with Crippen LogP contribution in [-0.4, -0.2) is 86.3 Å². The zero-order valence-corrected chi connectivity index (χ0v) is 29.3. The van der Waals surface area contributed by atoms with Crippen molar-refractivity contribution in [3.05, 3.63) is 96.0 Å². The first-order valence-electron chi connectivity index (χ1n) is 17.2. The van der Waals surface area contributed by atoms with Crippen LogP contribution in [0.25, 0.3) is 11.0 Å². The molecule has 0 bridgehead atoms. The summed E-state index contributed by atoms with van der Waals surface area (Å²) in [4.78, 5) is 17.6. The third kappa shape index (κ3) is 8.89. The first-order chi connectivity index (χ1) is 24.2. The van der Waals surface area contributed by atoms with E-state index in [0.717, 1.165) is 29.7 Å². The quantitative estimate of drug-likeness (QED) is 0.144. The maximum absolute atomic E-state index is 14.3. The van der Waals surface area contributed by atoms with Gasteiger partial charge in [0.25, 0.3) is 0 Å². The second-order valence-electron chi connectivity index (χ2n) is 13.4. The van der Waals surface area contributed by atoms with E-state index in [1.165, 1.54) is 10.4 Å².